The second kappa shape index (κ2) is 9.45. The van der Waals surface area contributed by atoms with E-state index in [2.05, 4.69) is 10.1 Å². The Balaban J connectivity index is 1.84. The number of benzene rings is 3. The maximum absolute atomic E-state index is 12.9. The molecule has 0 fully saturated rings. The van der Waals surface area contributed by atoms with Gasteiger partial charge in [0, 0.05) is 11.4 Å². The van der Waals surface area contributed by atoms with Crippen LogP contribution in [0.15, 0.2) is 77.7 Å². The van der Waals surface area contributed by atoms with E-state index in [0.717, 1.165) is 24.3 Å². The van der Waals surface area contributed by atoms with Crippen LogP contribution in [0.3, 0.4) is 0 Å². The summed E-state index contributed by atoms with van der Waals surface area (Å²) in [5, 5.41) is 2.42. The van der Waals surface area contributed by atoms with Crippen molar-refractivity contribution < 1.29 is 39.9 Å². The third-order valence-corrected chi connectivity index (χ3v) is 5.64. The van der Waals surface area contributed by atoms with E-state index in [1.807, 2.05) is 4.72 Å². The monoisotopic (exact) mass is 486 g/mol. The number of sulfonamides is 1. The number of carbonyl (C=O) groups excluding carboxylic acids is 1. The average Bonchev–Trinajstić information content (AvgIpc) is 2.74. The van der Waals surface area contributed by atoms with Crippen molar-refractivity contribution in [3.05, 3.63) is 83.9 Å². The van der Waals surface area contributed by atoms with Crippen LogP contribution in [0.4, 0.5) is 33.3 Å². The van der Waals surface area contributed by atoms with E-state index in [4.69, 9.17) is 0 Å². The van der Waals surface area contributed by atoms with Crippen LogP contribution >= 0.6 is 0 Å². The fourth-order valence-electron chi connectivity index (χ4n) is 2.78. The zero-order chi connectivity index (χ0) is 24.2. The van der Waals surface area contributed by atoms with Crippen molar-refractivity contribution in [3.8, 4) is 5.75 Å². The SMILES string of the molecule is O=C(Nc1ccc(OC(F)F)cc1)c1ccccc1S(=O)(=O)Nc1cccc(C(F)(F)F)c1. The number of amides is 1. The fourth-order valence-corrected chi connectivity index (χ4v) is 4.03. The van der Waals surface area contributed by atoms with E-state index in [1.54, 1.807) is 0 Å². The number of hydrogen-bond acceptors (Lipinski definition) is 4. The molecule has 6 nitrogen and oxygen atoms in total. The quantitative estimate of drug-likeness (QED) is 0.441. The Hall–Kier alpha value is -3.67. The van der Waals surface area contributed by atoms with Gasteiger partial charge in [-0.05, 0) is 54.6 Å². The Kier molecular flexibility index (Phi) is 6.86. The van der Waals surface area contributed by atoms with Gasteiger partial charge in [-0.2, -0.15) is 22.0 Å². The highest BCUT2D eigenvalue weighted by Gasteiger charge is 2.31. The third kappa shape index (κ3) is 6.19. The maximum Gasteiger partial charge on any atom is 0.416 e. The second-order valence-corrected chi connectivity index (χ2v) is 8.19. The summed E-state index contributed by atoms with van der Waals surface area (Å²) in [5.74, 6) is -0.987. The van der Waals surface area contributed by atoms with Crippen LogP contribution in [-0.4, -0.2) is 20.9 Å². The van der Waals surface area contributed by atoms with Gasteiger partial charge in [0.1, 0.15) is 10.6 Å². The Labute approximate surface area is 185 Å². The van der Waals surface area contributed by atoms with E-state index in [9.17, 15) is 35.2 Å². The first-order valence-electron chi connectivity index (χ1n) is 9.11. The molecule has 3 rings (SSSR count). The molecule has 0 unspecified atom stereocenters. The molecule has 0 aliphatic rings. The highest BCUT2D eigenvalue weighted by atomic mass is 32.2. The van der Waals surface area contributed by atoms with Gasteiger partial charge in [-0.3, -0.25) is 9.52 Å². The van der Waals surface area contributed by atoms with Crippen LogP contribution < -0.4 is 14.8 Å². The van der Waals surface area contributed by atoms with Crippen molar-refractivity contribution in [1.29, 1.82) is 0 Å². The number of nitrogens with one attached hydrogen (secondary N) is 2. The molecule has 0 heterocycles. The van der Waals surface area contributed by atoms with Crippen LogP contribution in [0, 0.1) is 0 Å². The van der Waals surface area contributed by atoms with E-state index in [1.165, 1.54) is 42.5 Å². The summed E-state index contributed by atoms with van der Waals surface area (Å²) >= 11 is 0. The molecular weight excluding hydrogens is 471 g/mol. The van der Waals surface area contributed by atoms with Gasteiger partial charge < -0.3 is 10.1 Å². The summed E-state index contributed by atoms with van der Waals surface area (Å²) in [6, 6.07) is 13.6. The number of anilines is 2. The van der Waals surface area contributed by atoms with Crippen molar-refractivity contribution in [2.75, 3.05) is 10.0 Å². The topological polar surface area (TPSA) is 84.5 Å². The standard InChI is InChI=1S/C21H15F5N2O4S/c22-20(23)32-16-10-8-14(9-11-16)27-19(29)17-6-1-2-7-18(17)33(30,31)28-15-5-3-4-13(12-15)21(24,25)26/h1-12,20,28H,(H,27,29). The first kappa shape index (κ1) is 24.0. The molecule has 2 N–H and O–H groups in total. The number of rotatable bonds is 7. The molecule has 0 saturated heterocycles. The van der Waals surface area contributed by atoms with Gasteiger partial charge in [-0.1, -0.05) is 18.2 Å². The molecule has 174 valence electrons. The number of alkyl halides is 5. The lowest BCUT2D eigenvalue weighted by molar-refractivity contribution is -0.137. The maximum atomic E-state index is 12.9. The van der Waals surface area contributed by atoms with Crippen molar-refractivity contribution in [3.63, 3.8) is 0 Å². The van der Waals surface area contributed by atoms with Crippen molar-refractivity contribution in [2.24, 2.45) is 0 Å². The summed E-state index contributed by atoms with van der Waals surface area (Å²) in [6.45, 7) is -3.02. The zero-order valence-electron chi connectivity index (χ0n) is 16.4. The third-order valence-electron chi connectivity index (χ3n) is 4.20. The summed E-state index contributed by atoms with van der Waals surface area (Å²) < 4.78 is 95.1. The van der Waals surface area contributed by atoms with Gasteiger partial charge in [0.25, 0.3) is 15.9 Å². The van der Waals surface area contributed by atoms with Gasteiger partial charge in [-0.15, -0.1) is 0 Å². The zero-order valence-corrected chi connectivity index (χ0v) is 17.3. The molecule has 3 aromatic rings. The van der Waals surface area contributed by atoms with E-state index in [-0.39, 0.29) is 22.7 Å². The smallest absolute Gasteiger partial charge is 0.416 e. The minimum absolute atomic E-state index is 0.142. The van der Waals surface area contributed by atoms with Crippen LogP contribution in [0.2, 0.25) is 0 Å². The van der Waals surface area contributed by atoms with E-state index in [0.29, 0.717) is 6.07 Å². The molecule has 0 aromatic heterocycles. The molecule has 0 radical (unpaired) electrons. The van der Waals surface area contributed by atoms with Gasteiger partial charge >= 0.3 is 12.8 Å². The van der Waals surface area contributed by atoms with Crippen LogP contribution in [0.25, 0.3) is 0 Å². The molecular formula is C21H15F5N2O4S. The number of hydrogen-bond donors (Lipinski definition) is 2. The molecule has 0 spiro atoms. The minimum atomic E-state index is -4.67. The Morgan fingerprint density at radius 2 is 1.55 bits per heavy atom. The second-order valence-electron chi connectivity index (χ2n) is 6.54. The molecule has 0 aliphatic heterocycles. The van der Waals surface area contributed by atoms with E-state index < -0.39 is 39.2 Å². The lowest BCUT2D eigenvalue weighted by Crippen LogP contribution is -2.20. The Morgan fingerprint density at radius 3 is 2.18 bits per heavy atom. The van der Waals surface area contributed by atoms with Gasteiger partial charge in [0.05, 0.1) is 11.1 Å². The predicted molar refractivity (Wildman–Crippen MR) is 110 cm³/mol. The molecule has 0 aliphatic carbocycles. The van der Waals surface area contributed by atoms with Crippen LogP contribution in [0.5, 0.6) is 5.75 Å². The lowest BCUT2D eigenvalue weighted by Gasteiger charge is -2.14. The average molecular weight is 486 g/mol. The summed E-state index contributed by atoms with van der Waals surface area (Å²) in [4.78, 5) is 12.2. The lowest BCUT2D eigenvalue weighted by atomic mass is 10.2. The molecule has 0 atom stereocenters. The minimum Gasteiger partial charge on any atom is -0.435 e. The molecule has 0 saturated carbocycles. The number of ether oxygens (including phenoxy) is 1. The van der Waals surface area contributed by atoms with Gasteiger partial charge in [0.2, 0.25) is 0 Å². The van der Waals surface area contributed by atoms with Crippen molar-refractivity contribution >= 4 is 27.3 Å². The first-order valence-corrected chi connectivity index (χ1v) is 10.6. The normalized spacial score (nSPS) is 11.8. The molecule has 1 amide bonds. The predicted octanol–water partition coefficient (Wildman–Crippen LogP) is 5.36. The number of halogens is 5. The largest absolute Gasteiger partial charge is 0.435 e. The fraction of sp³-hybridized carbons (Fsp3) is 0.0952. The summed E-state index contributed by atoms with van der Waals surface area (Å²) in [5.41, 5.74) is -1.51. The van der Waals surface area contributed by atoms with Crippen molar-refractivity contribution in [2.45, 2.75) is 17.7 Å². The van der Waals surface area contributed by atoms with Crippen LogP contribution in [-0.2, 0) is 16.2 Å². The Bertz CT molecular complexity index is 1250. The van der Waals surface area contributed by atoms with Crippen LogP contribution in [0.1, 0.15) is 15.9 Å². The summed E-state index contributed by atoms with van der Waals surface area (Å²) in [6.07, 6.45) is -4.67. The van der Waals surface area contributed by atoms with Gasteiger partial charge in [-0.25, -0.2) is 8.42 Å². The molecule has 33 heavy (non-hydrogen) atoms. The Morgan fingerprint density at radius 1 is 0.879 bits per heavy atom. The van der Waals surface area contributed by atoms with E-state index >= 15 is 0 Å². The van der Waals surface area contributed by atoms with Gasteiger partial charge in [0.15, 0.2) is 0 Å². The highest BCUT2D eigenvalue weighted by Crippen LogP contribution is 2.31. The van der Waals surface area contributed by atoms with Crippen molar-refractivity contribution in [1.82, 2.24) is 0 Å². The molecule has 0 bridgehead atoms. The molecule has 12 heteroatoms. The summed E-state index contributed by atoms with van der Waals surface area (Å²) in [7, 11) is -4.45. The first-order chi connectivity index (χ1) is 15.5. The highest BCUT2D eigenvalue weighted by molar-refractivity contribution is 7.92. The molecule has 3 aromatic carbocycles. The number of carbonyl (C=O) groups is 1.